The molecule has 2 heterocycles. The zero-order valence-corrected chi connectivity index (χ0v) is 15.4. The van der Waals surface area contributed by atoms with Crippen molar-refractivity contribution in [3.63, 3.8) is 0 Å². The van der Waals surface area contributed by atoms with Crippen molar-refractivity contribution in [1.82, 2.24) is 20.4 Å². The van der Waals surface area contributed by atoms with Crippen molar-refractivity contribution in [3.8, 4) is 17.9 Å². The molecule has 0 saturated carbocycles. The van der Waals surface area contributed by atoms with Gasteiger partial charge in [-0.2, -0.15) is 5.26 Å². The Hall–Kier alpha value is -2.83. The molecular weight excluding hydrogens is 324 g/mol. The van der Waals surface area contributed by atoms with Crippen molar-refractivity contribution in [3.05, 3.63) is 47.0 Å². The van der Waals surface area contributed by atoms with Gasteiger partial charge in [0.25, 0.3) is 0 Å². The Labute approximate surface area is 155 Å². The maximum absolute atomic E-state index is 8.87. The predicted molar refractivity (Wildman–Crippen MR) is 102 cm³/mol. The first-order valence-corrected chi connectivity index (χ1v) is 9.04. The average molecular weight is 350 g/mol. The number of fused-ring (bicyclic) bond motifs is 1. The molecule has 0 radical (unpaired) electrons. The van der Waals surface area contributed by atoms with Crippen molar-refractivity contribution in [2.45, 2.75) is 24.9 Å². The fourth-order valence-electron chi connectivity index (χ4n) is 3.79. The number of hydrogen-bond acceptors (Lipinski definition) is 6. The molecule has 1 aromatic carbocycles. The van der Waals surface area contributed by atoms with Crippen molar-refractivity contribution in [1.29, 1.82) is 5.26 Å². The molecule has 2 aliphatic rings. The van der Waals surface area contributed by atoms with E-state index in [1.165, 1.54) is 0 Å². The second-order valence-corrected chi connectivity index (χ2v) is 6.65. The minimum atomic E-state index is 0.307. The van der Waals surface area contributed by atoms with Gasteiger partial charge in [0.15, 0.2) is 0 Å². The first-order chi connectivity index (χ1) is 12.7. The van der Waals surface area contributed by atoms with Crippen molar-refractivity contribution in [2.75, 3.05) is 33.7 Å². The minimum Gasteiger partial charge on any atom is -0.383 e. The number of nitrogens with two attached hydrogens (primary N) is 1. The highest BCUT2D eigenvalue weighted by atomic mass is 15.4. The van der Waals surface area contributed by atoms with E-state index < -0.39 is 0 Å². The number of nitrogens with one attached hydrogen (secondary N) is 2. The Bertz CT molecular complexity index is 764. The number of benzene rings is 1. The molecule has 0 unspecified atom stereocenters. The van der Waals surface area contributed by atoms with Crippen LogP contribution < -0.4 is 16.4 Å². The largest absolute Gasteiger partial charge is 0.383 e. The summed E-state index contributed by atoms with van der Waals surface area (Å²) in [6, 6.07) is 10.4. The third-order valence-electron chi connectivity index (χ3n) is 5.18. The first-order valence-electron chi connectivity index (χ1n) is 9.04. The van der Waals surface area contributed by atoms with Crippen LogP contribution in [0.5, 0.6) is 0 Å². The molecule has 3 rings (SSSR count). The van der Waals surface area contributed by atoms with Crippen molar-refractivity contribution < 1.29 is 0 Å². The molecule has 6 nitrogen and oxygen atoms in total. The first kappa shape index (κ1) is 18.0. The molecule has 2 atom stereocenters. The molecule has 0 spiro atoms. The maximum atomic E-state index is 8.87. The van der Waals surface area contributed by atoms with Gasteiger partial charge in [0.05, 0.1) is 17.7 Å². The summed E-state index contributed by atoms with van der Waals surface area (Å²) in [5.41, 5.74) is 7.70. The average Bonchev–Trinajstić information content (AvgIpc) is 3.09. The SMILES string of the molecule is CN/C(N)=C(\NC)N1CCN2[C@@H](CC[C@@H]2C#Cc2ccc(C#N)cc2)C1. The van der Waals surface area contributed by atoms with Crippen molar-refractivity contribution in [2.24, 2.45) is 5.73 Å². The van der Waals surface area contributed by atoms with Crippen LogP contribution in [0, 0.1) is 23.2 Å². The molecule has 2 saturated heterocycles. The normalized spacial score (nSPS) is 23.2. The Balaban J connectivity index is 1.66. The number of hydrogen-bond donors (Lipinski definition) is 3. The van der Waals surface area contributed by atoms with E-state index in [0.717, 1.165) is 43.9 Å². The van der Waals surface area contributed by atoms with E-state index in [1.807, 2.05) is 38.4 Å². The molecule has 2 fully saturated rings. The van der Waals surface area contributed by atoms with Gasteiger partial charge >= 0.3 is 0 Å². The summed E-state index contributed by atoms with van der Waals surface area (Å²) in [7, 11) is 3.75. The highest BCUT2D eigenvalue weighted by Crippen LogP contribution is 2.28. The second-order valence-electron chi connectivity index (χ2n) is 6.65. The van der Waals surface area contributed by atoms with Crippen LogP contribution in [-0.2, 0) is 0 Å². The van der Waals surface area contributed by atoms with Crippen LogP contribution >= 0.6 is 0 Å². The Kier molecular flexibility index (Phi) is 5.55. The molecule has 136 valence electrons. The van der Waals surface area contributed by atoms with Crippen LogP contribution in [-0.4, -0.2) is 55.6 Å². The summed E-state index contributed by atoms with van der Waals surface area (Å²) in [5, 5.41) is 15.1. The van der Waals surface area contributed by atoms with E-state index in [4.69, 9.17) is 11.0 Å². The summed E-state index contributed by atoms with van der Waals surface area (Å²) in [5.74, 6) is 8.36. The van der Waals surface area contributed by atoms with E-state index in [-0.39, 0.29) is 0 Å². The van der Waals surface area contributed by atoms with Gasteiger partial charge in [-0.25, -0.2) is 0 Å². The third-order valence-corrected chi connectivity index (χ3v) is 5.18. The Morgan fingerprint density at radius 3 is 2.50 bits per heavy atom. The lowest BCUT2D eigenvalue weighted by Crippen LogP contribution is -2.53. The molecule has 26 heavy (non-hydrogen) atoms. The molecule has 0 amide bonds. The number of nitrogens with zero attached hydrogens (tertiary/aromatic N) is 3. The molecule has 2 aliphatic heterocycles. The Morgan fingerprint density at radius 1 is 1.12 bits per heavy atom. The van der Waals surface area contributed by atoms with Crippen LogP contribution in [0.1, 0.15) is 24.0 Å². The van der Waals surface area contributed by atoms with Gasteiger partial charge in [0.2, 0.25) is 0 Å². The van der Waals surface area contributed by atoms with Gasteiger partial charge in [-0.15, -0.1) is 0 Å². The van der Waals surface area contributed by atoms with E-state index in [2.05, 4.69) is 38.3 Å². The fourth-order valence-corrected chi connectivity index (χ4v) is 3.79. The van der Waals surface area contributed by atoms with Gasteiger partial charge < -0.3 is 21.3 Å². The topological polar surface area (TPSA) is 80.3 Å². The van der Waals surface area contributed by atoms with Crippen LogP contribution in [0.3, 0.4) is 0 Å². The maximum Gasteiger partial charge on any atom is 0.142 e. The molecule has 0 aromatic heterocycles. The Morgan fingerprint density at radius 2 is 1.85 bits per heavy atom. The lowest BCUT2D eigenvalue weighted by molar-refractivity contribution is 0.108. The summed E-state index contributed by atoms with van der Waals surface area (Å²) in [6.07, 6.45) is 2.25. The van der Waals surface area contributed by atoms with Crippen LogP contribution in [0.4, 0.5) is 0 Å². The minimum absolute atomic E-state index is 0.307. The molecule has 1 aromatic rings. The highest BCUT2D eigenvalue weighted by Gasteiger charge is 2.37. The summed E-state index contributed by atoms with van der Waals surface area (Å²) >= 11 is 0. The lowest BCUT2D eigenvalue weighted by Gasteiger charge is -2.41. The quantitative estimate of drug-likeness (QED) is 0.692. The molecule has 4 N–H and O–H groups in total. The standard InChI is InChI=1S/C20H26N6/c1-23-19(22)20(24-2)25-11-12-26-17(9-10-18(26)14-25)8-7-15-3-5-16(13-21)6-4-15/h3-6,17-18,23-24H,9-12,14,22H2,1-2H3/b20-19+/t17-,18-/m0/s1. The smallest absolute Gasteiger partial charge is 0.142 e. The second kappa shape index (κ2) is 8.03. The van der Waals surface area contributed by atoms with Crippen LogP contribution in [0.15, 0.2) is 35.9 Å². The zero-order chi connectivity index (χ0) is 18.5. The summed E-state index contributed by atoms with van der Waals surface area (Å²) < 4.78 is 0. The van der Waals surface area contributed by atoms with Gasteiger partial charge in [-0.1, -0.05) is 11.8 Å². The van der Waals surface area contributed by atoms with Gasteiger partial charge in [-0.05, 0) is 37.1 Å². The third kappa shape index (κ3) is 3.71. The number of piperazine rings is 1. The summed E-state index contributed by atoms with van der Waals surface area (Å²) in [6.45, 7) is 2.89. The molecule has 6 heteroatoms. The fraction of sp³-hybridized carbons (Fsp3) is 0.450. The number of nitriles is 1. The van der Waals surface area contributed by atoms with Crippen LogP contribution in [0.2, 0.25) is 0 Å². The van der Waals surface area contributed by atoms with E-state index in [0.29, 0.717) is 23.5 Å². The van der Waals surface area contributed by atoms with E-state index in [1.54, 1.807) is 0 Å². The van der Waals surface area contributed by atoms with Gasteiger partial charge in [0.1, 0.15) is 11.6 Å². The van der Waals surface area contributed by atoms with E-state index in [9.17, 15) is 0 Å². The molecule has 0 bridgehead atoms. The number of rotatable bonds is 3. The predicted octanol–water partition coefficient (Wildman–Crippen LogP) is 0.582. The van der Waals surface area contributed by atoms with Gasteiger partial charge in [-0.3, -0.25) is 4.90 Å². The van der Waals surface area contributed by atoms with Gasteiger partial charge in [0, 0.05) is 45.3 Å². The zero-order valence-electron chi connectivity index (χ0n) is 15.4. The highest BCUT2D eigenvalue weighted by molar-refractivity contribution is 5.40. The monoisotopic (exact) mass is 350 g/mol. The van der Waals surface area contributed by atoms with Crippen LogP contribution in [0.25, 0.3) is 0 Å². The molecule has 0 aliphatic carbocycles. The molecular formula is C20H26N6. The van der Waals surface area contributed by atoms with E-state index >= 15 is 0 Å². The summed E-state index contributed by atoms with van der Waals surface area (Å²) in [4.78, 5) is 4.85. The van der Waals surface area contributed by atoms with Crippen molar-refractivity contribution >= 4 is 0 Å². The lowest BCUT2D eigenvalue weighted by atomic mass is 10.1.